The van der Waals surface area contributed by atoms with E-state index >= 15 is 0 Å². The Labute approximate surface area is 204 Å². The van der Waals surface area contributed by atoms with Gasteiger partial charge in [-0.3, -0.25) is 19.2 Å². The summed E-state index contributed by atoms with van der Waals surface area (Å²) >= 11 is 0. The van der Waals surface area contributed by atoms with Crippen LogP contribution >= 0.6 is 0 Å². The van der Waals surface area contributed by atoms with E-state index in [2.05, 4.69) is 0 Å². The number of imide groups is 1. The van der Waals surface area contributed by atoms with E-state index in [1.165, 1.54) is 4.90 Å². The Morgan fingerprint density at radius 1 is 0.886 bits per heavy atom. The van der Waals surface area contributed by atoms with Crippen LogP contribution in [0.4, 0.5) is 11.4 Å². The van der Waals surface area contributed by atoms with Gasteiger partial charge in [0.05, 0.1) is 23.4 Å². The summed E-state index contributed by atoms with van der Waals surface area (Å²) in [6, 6.07) is 12.5. The van der Waals surface area contributed by atoms with Gasteiger partial charge in [-0.15, -0.1) is 0 Å². The lowest BCUT2D eigenvalue weighted by molar-refractivity contribution is -0.139. The van der Waals surface area contributed by atoms with Crippen LogP contribution in [0.5, 0.6) is 5.75 Å². The summed E-state index contributed by atoms with van der Waals surface area (Å²) < 4.78 is 5.61. The Bertz CT molecular complexity index is 1280. The summed E-state index contributed by atoms with van der Waals surface area (Å²) in [4.78, 5) is 54.4. The largest absolute Gasteiger partial charge is 0.426 e. The highest BCUT2D eigenvalue weighted by Crippen LogP contribution is 2.41. The van der Waals surface area contributed by atoms with Gasteiger partial charge in [0.1, 0.15) is 5.75 Å². The smallest absolute Gasteiger partial charge is 0.316 e. The number of carbonyl (C=O) groups excluding carboxylic acids is 4. The van der Waals surface area contributed by atoms with Crippen molar-refractivity contribution in [1.82, 2.24) is 0 Å². The molecule has 2 saturated heterocycles. The lowest BCUT2D eigenvalue weighted by atomic mass is 9.82. The minimum atomic E-state index is -0.567. The summed E-state index contributed by atoms with van der Waals surface area (Å²) in [6.45, 7) is 5.98. The third-order valence-corrected chi connectivity index (χ3v) is 7.32. The van der Waals surface area contributed by atoms with Crippen LogP contribution in [0.2, 0.25) is 0 Å². The van der Waals surface area contributed by atoms with Crippen molar-refractivity contribution in [2.75, 3.05) is 16.3 Å². The Balaban J connectivity index is 1.29. The first kappa shape index (κ1) is 23.0. The van der Waals surface area contributed by atoms with Crippen molar-refractivity contribution in [2.45, 2.75) is 40.0 Å². The van der Waals surface area contributed by atoms with E-state index in [0.717, 1.165) is 16.8 Å². The van der Waals surface area contributed by atoms with E-state index in [9.17, 15) is 19.2 Å². The zero-order valence-electron chi connectivity index (χ0n) is 20.1. The van der Waals surface area contributed by atoms with Crippen LogP contribution in [-0.4, -0.2) is 30.2 Å². The maximum atomic E-state index is 13.0. The second-order valence-electron chi connectivity index (χ2n) is 9.78. The van der Waals surface area contributed by atoms with Gasteiger partial charge in [-0.2, -0.15) is 0 Å². The van der Waals surface area contributed by atoms with Gasteiger partial charge in [0.2, 0.25) is 17.7 Å². The number of amides is 3. The second-order valence-corrected chi connectivity index (χ2v) is 9.78. The minimum absolute atomic E-state index is 0.0945. The highest BCUT2D eigenvalue weighted by Gasteiger charge is 2.49. The predicted octanol–water partition coefficient (Wildman–Crippen LogP) is 4.11. The van der Waals surface area contributed by atoms with E-state index in [4.69, 9.17) is 4.74 Å². The van der Waals surface area contributed by atoms with Crippen LogP contribution in [0, 0.1) is 31.6 Å². The first-order valence-corrected chi connectivity index (χ1v) is 12.0. The molecule has 0 N–H and O–H groups in total. The van der Waals surface area contributed by atoms with Gasteiger partial charge in [0.15, 0.2) is 0 Å². The number of nitrogens with zero attached hydrogens (tertiary/aromatic N) is 2. The molecule has 0 unspecified atom stereocenters. The third kappa shape index (κ3) is 4.05. The van der Waals surface area contributed by atoms with Gasteiger partial charge in [-0.1, -0.05) is 29.8 Å². The number of ether oxygens (including phenoxy) is 1. The zero-order chi connectivity index (χ0) is 24.9. The molecule has 0 aromatic heterocycles. The summed E-state index contributed by atoms with van der Waals surface area (Å²) in [7, 11) is 0. The monoisotopic (exact) mass is 472 g/mol. The third-order valence-electron chi connectivity index (χ3n) is 7.32. The molecular weight excluding hydrogens is 444 g/mol. The molecule has 2 aliphatic heterocycles. The average Bonchev–Trinajstić information content (AvgIpc) is 3.32. The molecule has 3 amide bonds. The molecule has 7 heteroatoms. The fraction of sp³-hybridized carbons (Fsp3) is 0.357. The van der Waals surface area contributed by atoms with Crippen molar-refractivity contribution in [1.29, 1.82) is 0 Å². The molecule has 1 aliphatic carbocycles. The Morgan fingerprint density at radius 3 is 2.37 bits per heavy atom. The standard InChI is InChI=1S/C28H28N2O5/c1-16-8-10-21-22(12-16)27(33)30(26(21)32)24-11-9-20(13-18(24)3)35-28(34)19-14-25(31)29(15-19)23-7-5-4-6-17(23)2/h4-9,11,13,19,21-22H,10,12,14-15H2,1-3H3/t19-,21-,22-/m0/s1. The molecule has 35 heavy (non-hydrogen) atoms. The summed E-state index contributed by atoms with van der Waals surface area (Å²) in [5, 5.41) is 0. The molecule has 2 aromatic carbocycles. The zero-order valence-corrected chi connectivity index (χ0v) is 20.1. The van der Waals surface area contributed by atoms with E-state index in [1.807, 2.05) is 44.2 Å². The predicted molar refractivity (Wildman–Crippen MR) is 131 cm³/mol. The molecule has 0 saturated carbocycles. The van der Waals surface area contributed by atoms with E-state index in [0.29, 0.717) is 29.8 Å². The maximum absolute atomic E-state index is 13.0. The van der Waals surface area contributed by atoms with Gasteiger partial charge in [0.25, 0.3) is 0 Å². The van der Waals surface area contributed by atoms with Crippen molar-refractivity contribution in [3.05, 3.63) is 65.2 Å². The van der Waals surface area contributed by atoms with Gasteiger partial charge in [-0.05, 0) is 69.0 Å². The number of fused-ring (bicyclic) bond motifs is 1. The fourth-order valence-corrected chi connectivity index (χ4v) is 5.38. The summed E-state index contributed by atoms with van der Waals surface area (Å²) in [6.07, 6.45) is 3.34. The number of benzene rings is 2. The van der Waals surface area contributed by atoms with Crippen molar-refractivity contribution in [3.8, 4) is 5.75 Å². The van der Waals surface area contributed by atoms with Gasteiger partial charge < -0.3 is 9.64 Å². The number of rotatable bonds is 4. The van der Waals surface area contributed by atoms with Crippen LogP contribution in [0.1, 0.15) is 37.3 Å². The van der Waals surface area contributed by atoms with Gasteiger partial charge in [-0.25, -0.2) is 4.90 Å². The molecule has 3 aliphatic rings. The molecule has 2 fully saturated rings. The number of carbonyl (C=O) groups is 4. The summed E-state index contributed by atoms with van der Waals surface area (Å²) in [5.41, 5.74) is 4.11. The lowest BCUT2D eigenvalue weighted by Crippen LogP contribution is -2.31. The highest BCUT2D eigenvalue weighted by atomic mass is 16.5. The van der Waals surface area contributed by atoms with E-state index in [-0.39, 0.29) is 42.5 Å². The SMILES string of the molecule is CC1=CC[C@@H]2C(=O)N(c3ccc(OC(=O)[C@H]4CC(=O)N(c5ccccc5C)C4)cc3C)C(=O)[C@H]2C1. The number of aryl methyl sites for hydroxylation is 2. The number of allylic oxidation sites excluding steroid dienone is 2. The van der Waals surface area contributed by atoms with E-state index in [1.54, 1.807) is 30.0 Å². The number of anilines is 2. The molecule has 180 valence electrons. The summed E-state index contributed by atoms with van der Waals surface area (Å²) in [5.74, 6) is -1.76. The van der Waals surface area contributed by atoms with Gasteiger partial charge in [0, 0.05) is 18.7 Å². The maximum Gasteiger partial charge on any atom is 0.316 e. The van der Waals surface area contributed by atoms with E-state index < -0.39 is 11.9 Å². The first-order valence-electron chi connectivity index (χ1n) is 12.0. The highest BCUT2D eigenvalue weighted by molar-refractivity contribution is 6.22. The number of esters is 1. The quantitative estimate of drug-likeness (QED) is 0.289. The molecule has 2 heterocycles. The fourth-order valence-electron chi connectivity index (χ4n) is 5.38. The lowest BCUT2D eigenvalue weighted by Gasteiger charge is -2.19. The molecule has 0 radical (unpaired) electrons. The molecule has 2 aromatic rings. The van der Waals surface area contributed by atoms with Crippen LogP contribution in [0.25, 0.3) is 0 Å². The topological polar surface area (TPSA) is 84.0 Å². The first-order chi connectivity index (χ1) is 16.7. The number of para-hydroxylation sites is 1. The van der Waals surface area contributed by atoms with Crippen LogP contribution in [0.15, 0.2) is 54.1 Å². The Kier molecular flexibility index (Phi) is 5.79. The Morgan fingerprint density at radius 2 is 1.63 bits per heavy atom. The molecule has 7 nitrogen and oxygen atoms in total. The molecule has 0 bridgehead atoms. The molecule has 3 atom stereocenters. The van der Waals surface area contributed by atoms with Crippen molar-refractivity contribution < 1.29 is 23.9 Å². The molecule has 0 spiro atoms. The average molecular weight is 473 g/mol. The van der Waals surface area contributed by atoms with Crippen molar-refractivity contribution in [2.24, 2.45) is 17.8 Å². The van der Waals surface area contributed by atoms with Gasteiger partial charge >= 0.3 is 5.97 Å². The van der Waals surface area contributed by atoms with Crippen molar-refractivity contribution >= 4 is 35.1 Å². The van der Waals surface area contributed by atoms with Crippen LogP contribution in [0.3, 0.4) is 0 Å². The molecular formula is C28H28N2O5. The van der Waals surface area contributed by atoms with Crippen LogP contribution < -0.4 is 14.5 Å². The molecule has 5 rings (SSSR count). The Hall–Kier alpha value is -3.74. The second kappa shape index (κ2) is 8.80. The van der Waals surface area contributed by atoms with Crippen LogP contribution in [-0.2, 0) is 19.2 Å². The van der Waals surface area contributed by atoms with Crippen molar-refractivity contribution in [3.63, 3.8) is 0 Å². The number of hydrogen-bond acceptors (Lipinski definition) is 5. The normalized spacial score (nSPS) is 24.0. The number of hydrogen-bond donors (Lipinski definition) is 0. The minimum Gasteiger partial charge on any atom is -0.426 e.